The smallest absolute Gasteiger partial charge is 0.411 e. The van der Waals surface area contributed by atoms with E-state index in [4.69, 9.17) is 21.1 Å². The fourth-order valence-electron chi connectivity index (χ4n) is 2.57. The SMILES string of the molecule is C[C@@H](OC(=O)[C@@H]1CCCN1C(=O)OC(C)(C)C)C(=O)Nc1cccnc1Cl. The standard InChI is InChI=1S/C18H24ClN3O5/c1-11(15(23)21-12-7-5-9-20-14(12)19)26-16(24)13-8-6-10-22(13)17(25)27-18(2,3)4/h5,7,9,11,13H,6,8,10H2,1-4H3,(H,21,23)/t11-,13+/m1/s1. The van der Waals surface area contributed by atoms with Crippen molar-refractivity contribution >= 4 is 35.3 Å². The Labute approximate surface area is 163 Å². The Bertz CT molecular complexity index is 719. The molecule has 2 heterocycles. The van der Waals surface area contributed by atoms with Gasteiger partial charge in [-0.1, -0.05) is 11.6 Å². The summed E-state index contributed by atoms with van der Waals surface area (Å²) in [7, 11) is 0. The molecule has 0 radical (unpaired) electrons. The van der Waals surface area contributed by atoms with Gasteiger partial charge in [-0.25, -0.2) is 14.6 Å². The summed E-state index contributed by atoms with van der Waals surface area (Å²) in [6.07, 6.45) is 0.981. The minimum absolute atomic E-state index is 0.135. The van der Waals surface area contributed by atoms with Crippen molar-refractivity contribution in [1.29, 1.82) is 0 Å². The fraction of sp³-hybridized carbons (Fsp3) is 0.556. The lowest BCUT2D eigenvalue weighted by Gasteiger charge is -2.28. The Hall–Kier alpha value is -2.35. The zero-order chi connectivity index (χ0) is 20.2. The van der Waals surface area contributed by atoms with E-state index in [1.165, 1.54) is 18.0 Å². The van der Waals surface area contributed by atoms with Crippen LogP contribution in [0.2, 0.25) is 5.15 Å². The molecule has 1 N–H and O–H groups in total. The lowest BCUT2D eigenvalue weighted by atomic mass is 10.2. The Kier molecular flexibility index (Phi) is 6.64. The Morgan fingerprint density at radius 2 is 2.07 bits per heavy atom. The third-order valence-corrected chi connectivity index (χ3v) is 4.13. The fourth-order valence-corrected chi connectivity index (χ4v) is 2.74. The number of anilines is 1. The van der Waals surface area contributed by atoms with Crippen LogP contribution in [-0.4, -0.2) is 52.1 Å². The normalized spacial score (nSPS) is 18.0. The topological polar surface area (TPSA) is 97.8 Å². The van der Waals surface area contributed by atoms with E-state index in [1.807, 2.05) is 0 Å². The zero-order valence-electron chi connectivity index (χ0n) is 15.8. The van der Waals surface area contributed by atoms with E-state index in [2.05, 4.69) is 10.3 Å². The Morgan fingerprint density at radius 3 is 2.70 bits per heavy atom. The van der Waals surface area contributed by atoms with E-state index in [9.17, 15) is 14.4 Å². The largest absolute Gasteiger partial charge is 0.451 e. The van der Waals surface area contributed by atoms with Gasteiger partial charge in [0, 0.05) is 12.7 Å². The van der Waals surface area contributed by atoms with Gasteiger partial charge in [-0.05, 0) is 52.7 Å². The van der Waals surface area contributed by atoms with E-state index < -0.39 is 35.7 Å². The molecule has 1 saturated heterocycles. The maximum Gasteiger partial charge on any atom is 0.411 e. The van der Waals surface area contributed by atoms with Gasteiger partial charge in [0.05, 0.1) is 5.69 Å². The monoisotopic (exact) mass is 397 g/mol. The number of carbonyl (C=O) groups is 3. The van der Waals surface area contributed by atoms with Crippen molar-refractivity contribution < 1.29 is 23.9 Å². The number of amides is 2. The first-order chi connectivity index (χ1) is 12.6. The van der Waals surface area contributed by atoms with Crippen molar-refractivity contribution in [3.63, 3.8) is 0 Å². The van der Waals surface area contributed by atoms with Gasteiger partial charge in [0.25, 0.3) is 5.91 Å². The number of pyridine rings is 1. The van der Waals surface area contributed by atoms with Gasteiger partial charge < -0.3 is 14.8 Å². The molecule has 2 atom stereocenters. The summed E-state index contributed by atoms with van der Waals surface area (Å²) in [6.45, 7) is 7.11. The Balaban J connectivity index is 1.95. The first-order valence-corrected chi connectivity index (χ1v) is 9.08. The van der Waals surface area contributed by atoms with Crippen LogP contribution in [0.4, 0.5) is 10.5 Å². The van der Waals surface area contributed by atoms with E-state index in [0.717, 1.165) is 0 Å². The average Bonchev–Trinajstić information content (AvgIpc) is 3.05. The molecule has 1 aliphatic heterocycles. The van der Waals surface area contributed by atoms with Crippen LogP contribution < -0.4 is 5.32 Å². The molecule has 0 aromatic carbocycles. The summed E-state index contributed by atoms with van der Waals surface area (Å²) >= 11 is 5.90. The molecule has 0 spiro atoms. The molecule has 9 heteroatoms. The maximum absolute atomic E-state index is 12.5. The van der Waals surface area contributed by atoms with Crippen LogP contribution in [-0.2, 0) is 19.1 Å². The number of halogens is 1. The number of nitrogens with one attached hydrogen (secondary N) is 1. The number of carbonyl (C=O) groups excluding carboxylic acids is 3. The second-order valence-corrected chi connectivity index (χ2v) is 7.60. The molecule has 0 saturated carbocycles. The van der Waals surface area contributed by atoms with Gasteiger partial charge in [-0.15, -0.1) is 0 Å². The average molecular weight is 398 g/mol. The van der Waals surface area contributed by atoms with Gasteiger partial charge in [0.15, 0.2) is 11.3 Å². The van der Waals surface area contributed by atoms with Crippen LogP contribution in [0.3, 0.4) is 0 Å². The summed E-state index contributed by atoms with van der Waals surface area (Å²) in [6, 6.07) is 2.44. The van der Waals surface area contributed by atoms with Crippen LogP contribution in [0.1, 0.15) is 40.5 Å². The first-order valence-electron chi connectivity index (χ1n) is 8.70. The summed E-state index contributed by atoms with van der Waals surface area (Å²) < 4.78 is 10.6. The van der Waals surface area contributed by atoms with Gasteiger partial charge in [0.2, 0.25) is 0 Å². The molecule has 0 bridgehead atoms. The molecule has 27 heavy (non-hydrogen) atoms. The minimum atomic E-state index is -1.06. The second-order valence-electron chi connectivity index (χ2n) is 7.24. The number of hydrogen-bond donors (Lipinski definition) is 1. The number of likely N-dealkylation sites (tertiary alicyclic amines) is 1. The number of hydrogen-bond acceptors (Lipinski definition) is 6. The molecular weight excluding hydrogens is 374 g/mol. The molecule has 0 aliphatic carbocycles. The number of rotatable bonds is 4. The van der Waals surface area contributed by atoms with E-state index in [0.29, 0.717) is 25.1 Å². The molecule has 2 amide bonds. The molecule has 2 rings (SSSR count). The highest BCUT2D eigenvalue weighted by atomic mass is 35.5. The maximum atomic E-state index is 12.5. The lowest BCUT2D eigenvalue weighted by Crippen LogP contribution is -2.45. The first kappa shape index (κ1) is 21.0. The van der Waals surface area contributed by atoms with Crippen LogP contribution in [0, 0.1) is 0 Å². The summed E-state index contributed by atoms with van der Waals surface area (Å²) in [5.74, 6) is -1.18. The molecule has 148 valence electrons. The van der Waals surface area contributed by atoms with Crippen molar-refractivity contribution in [2.75, 3.05) is 11.9 Å². The third-order valence-electron chi connectivity index (χ3n) is 3.83. The number of nitrogens with zero attached hydrogens (tertiary/aromatic N) is 2. The van der Waals surface area contributed by atoms with E-state index in [-0.39, 0.29) is 5.15 Å². The lowest BCUT2D eigenvalue weighted by molar-refractivity contribution is -0.157. The molecular formula is C18H24ClN3O5. The zero-order valence-corrected chi connectivity index (χ0v) is 16.6. The van der Waals surface area contributed by atoms with Crippen molar-refractivity contribution in [3.05, 3.63) is 23.5 Å². The van der Waals surface area contributed by atoms with Gasteiger partial charge in [-0.3, -0.25) is 9.69 Å². The quantitative estimate of drug-likeness (QED) is 0.619. The van der Waals surface area contributed by atoms with Crippen LogP contribution in [0.25, 0.3) is 0 Å². The van der Waals surface area contributed by atoms with Gasteiger partial charge in [-0.2, -0.15) is 0 Å². The molecule has 1 aliphatic rings. The van der Waals surface area contributed by atoms with Crippen LogP contribution >= 0.6 is 11.6 Å². The predicted molar refractivity (Wildman–Crippen MR) is 99.4 cm³/mol. The summed E-state index contributed by atoms with van der Waals surface area (Å²) in [4.78, 5) is 42.2. The van der Waals surface area contributed by atoms with E-state index in [1.54, 1.807) is 32.9 Å². The van der Waals surface area contributed by atoms with Gasteiger partial charge >= 0.3 is 12.1 Å². The highest BCUT2D eigenvalue weighted by Crippen LogP contribution is 2.23. The highest BCUT2D eigenvalue weighted by molar-refractivity contribution is 6.32. The molecule has 8 nitrogen and oxygen atoms in total. The second kappa shape index (κ2) is 8.56. The van der Waals surface area contributed by atoms with Crippen LogP contribution in [0.5, 0.6) is 0 Å². The molecule has 1 aromatic heterocycles. The molecule has 1 aromatic rings. The van der Waals surface area contributed by atoms with Crippen molar-refractivity contribution in [2.45, 2.75) is 58.3 Å². The summed E-state index contributed by atoms with van der Waals surface area (Å²) in [5, 5.41) is 2.69. The van der Waals surface area contributed by atoms with Crippen molar-refractivity contribution in [2.24, 2.45) is 0 Å². The highest BCUT2D eigenvalue weighted by Gasteiger charge is 2.38. The number of esters is 1. The predicted octanol–water partition coefficient (Wildman–Crippen LogP) is 3.00. The van der Waals surface area contributed by atoms with Gasteiger partial charge in [0.1, 0.15) is 11.6 Å². The number of aromatic nitrogens is 1. The van der Waals surface area contributed by atoms with Crippen molar-refractivity contribution in [1.82, 2.24) is 9.88 Å². The molecule has 0 unspecified atom stereocenters. The number of ether oxygens (including phenoxy) is 2. The van der Waals surface area contributed by atoms with Crippen molar-refractivity contribution in [3.8, 4) is 0 Å². The van der Waals surface area contributed by atoms with Crippen LogP contribution in [0.15, 0.2) is 18.3 Å². The van der Waals surface area contributed by atoms with E-state index >= 15 is 0 Å². The minimum Gasteiger partial charge on any atom is -0.451 e. The Morgan fingerprint density at radius 1 is 1.37 bits per heavy atom. The third kappa shape index (κ3) is 5.82. The summed E-state index contributed by atoms with van der Waals surface area (Å²) in [5.41, 5.74) is -0.340. The molecule has 1 fully saturated rings.